The molecule has 0 aliphatic carbocycles. The van der Waals surface area contributed by atoms with Crippen LogP contribution in [-0.2, 0) is 32.7 Å². The number of carbonyl (C=O) groups is 2. The molecule has 0 aliphatic heterocycles. The SMILES string of the molecule is CC/C=C\C/C=C\C/C=C\C/C=C\C/C=C\C/C=C\C/C=C\CCCCCCCC(=O)OC(COC(=O)CCCCCCCCCCCCCCCCCCCCCCCC)COP(=O)(O)OCC[N+](C)(C)C. The van der Waals surface area contributed by atoms with Crippen LogP contribution >= 0.6 is 7.82 Å². The van der Waals surface area contributed by atoms with Crippen molar-refractivity contribution in [1.82, 2.24) is 0 Å². The second-order valence-electron chi connectivity index (χ2n) is 21.0. The summed E-state index contributed by atoms with van der Waals surface area (Å²) in [6.07, 6.45) is 72.2. The van der Waals surface area contributed by atoms with E-state index in [9.17, 15) is 19.0 Å². The van der Waals surface area contributed by atoms with Gasteiger partial charge in [0, 0.05) is 12.8 Å². The number of unbranched alkanes of at least 4 members (excludes halogenated alkanes) is 26. The van der Waals surface area contributed by atoms with Gasteiger partial charge < -0.3 is 18.9 Å². The van der Waals surface area contributed by atoms with Crippen molar-refractivity contribution in [3.63, 3.8) is 0 Å². The Bertz CT molecular complexity index is 1510. The molecule has 0 aliphatic rings. The first-order valence-corrected chi connectivity index (χ1v) is 31.3. The molecule has 0 fully saturated rings. The van der Waals surface area contributed by atoms with Gasteiger partial charge >= 0.3 is 19.8 Å². The first-order valence-electron chi connectivity index (χ1n) is 29.8. The van der Waals surface area contributed by atoms with E-state index in [1.165, 1.54) is 122 Å². The summed E-state index contributed by atoms with van der Waals surface area (Å²) in [6, 6.07) is 0. The zero-order chi connectivity index (χ0) is 53.5. The first kappa shape index (κ1) is 70.2. The molecule has 0 radical (unpaired) electrons. The lowest BCUT2D eigenvalue weighted by molar-refractivity contribution is -0.870. The summed E-state index contributed by atoms with van der Waals surface area (Å²) in [6.45, 7) is 4.32. The summed E-state index contributed by atoms with van der Waals surface area (Å²) in [5.41, 5.74) is 0. The average molecular weight is 1040 g/mol. The number of rotatable bonds is 54. The fourth-order valence-electron chi connectivity index (χ4n) is 8.11. The molecule has 0 aromatic rings. The Hall–Kier alpha value is -2.81. The van der Waals surface area contributed by atoms with Crippen molar-refractivity contribution in [2.45, 2.75) is 258 Å². The van der Waals surface area contributed by atoms with Gasteiger partial charge in [-0.05, 0) is 70.6 Å². The maximum Gasteiger partial charge on any atom is 0.472 e. The van der Waals surface area contributed by atoms with Gasteiger partial charge in [-0.15, -0.1) is 0 Å². The van der Waals surface area contributed by atoms with Gasteiger partial charge in [0.25, 0.3) is 0 Å². The minimum absolute atomic E-state index is 0.0247. The molecule has 0 rings (SSSR count). The smallest absolute Gasteiger partial charge is 0.462 e. The van der Waals surface area contributed by atoms with Crippen molar-refractivity contribution in [3.8, 4) is 0 Å². The molecule has 9 nitrogen and oxygen atoms in total. The van der Waals surface area contributed by atoms with Gasteiger partial charge in [0.05, 0.1) is 27.7 Å². The molecule has 0 saturated heterocycles. The van der Waals surface area contributed by atoms with Crippen LogP contribution < -0.4 is 0 Å². The van der Waals surface area contributed by atoms with Crippen molar-refractivity contribution in [1.29, 1.82) is 0 Å². The van der Waals surface area contributed by atoms with Gasteiger partial charge in [-0.2, -0.15) is 0 Å². The number of hydrogen-bond acceptors (Lipinski definition) is 7. The van der Waals surface area contributed by atoms with Gasteiger partial charge in [-0.25, -0.2) is 4.57 Å². The van der Waals surface area contributed by atoms with Gasteiger partial charge in [-0.1, -0.05) is 253 Å². The number of nitrogens with zero attached hydrogens (tertiary/aromatic N) is 1. The van der Waals surface area contributed by atoms with Crippen LogP contribution in [0, 0.1) is 0 Å². The van der Waals surface area contributed by atoms with E-state index in [1.54, 1.807) is 0 Å². The highest BCUT2D eigenvalue weighted by molar-refractivity contribution is 7.47. The van der Waals surface area contributed by atoms with Crippen molar-refractivity contribution in [2.75, 3.05) is 47.5 Å². The Balaban J connectivity index is 4.22. The number of hydrogen-bond donors (Lipinski definition) is 1. The zero-order valence-corrected chi connectivity index (χ0v) is 48.7. The van der Waals surface area contributed by atoms with E-state index in [-0.39, 0.29) is 32.0 Å². The monoisotopic (exact) mass is 1040 g/mol. The van der Waals surface area contributed by atoms with Gasteiger partial charge in [0.1, 0.15) is 19.8 Å². The van der Waals surface area contributed by atoms with Crippen molar-refractivity contribution < 1.29 is 42.1 Å². The molecule has 0 amide bonds. The second-order valence-corrected chi connectivity index (χ2v) is 22.5. The molecular weight excluding hydrogens is 930 g/mol. The van der Waals surface area contributed by atoms with E-state index in [1.807, 2.05) is 21.1 Å². The maximum atomic E-state index is 12.8. The number of likely N-dealkylation sites (N-methyl/N-ethyl adjacent to an activating group) is 1. The van der Waals surface area contributed by atoms with Crippen LogP contribution in [-0.4, -0.2) is 74.9 Å². The molecule has 0 aromatic carbocycles. The topological polar surface area (TPSA) is 108 Å². The van der Waals surface area contributed by atoms with Crippen LogP contribution in [0.4, 0.5) is 0 Å². The van der Waals surface area contributed by atoms with E-state index >= 15 is 0 Å². The molecule has 0 heterocycles. The number of ether oxygens (including phenoxy) is 2. The molecule has 422 valence electrons. The third kappa shape index (κ3) is 58.3. The minimum Gasteiger partial charge on any atom is -0.462 e. The lowest BCUT2D eigenvalue weighted by atomic mass is 10.0. The van der Waals surface area contributed by atoms with Crippen molar-refractivity contribution >= 4 is 19.8 Å². The summed E-state index contributed by atoms with van der Waals surface area (Å²) in [5, 5.41) is 0. The normalized spacial score (nSPS) is 13.9. The molecule has 1 N–H and O–H groups in total. The van der Waals surface area contributed by atoms with Crippen LogP contribution in [0.5, 0.6) is 0 Å². The maximum absolute atomic E-state index is 12.8. The second kappa shape index (κ2) is 54.0. The van der Waals surface area contributed by atoms with Crippen molar-refractivity contribution in [2.24, 2.45) is 0 Å². The summed E-state index contributed by atoms with van der Waals surface area (Å²) < 4.78 is 34.6. The summed E-state index contributed by atoms with van der Waals surface area (Å²) >= 11 is 0. The third-order valence-corrected chi connectivity index (χ3v) is 13.7. The summed E-state index contributed by atoms with van der Waals surface area (Å²) in [7, 11) is 1.46. The number of quaternary nitrogens is 1. The van der Waals surface area contributed by atoms with Crippen LogP contribution in [0.3, 0.4) is 0 Å². The summed E-state index contributed by atoms with van der Waals surface area (Å²) in [5.74, 6) is -0.815. The van der Waals surface area contributed by atoms with Crippen LogP contribution in [0.2, 0.25) is 0 Å². The summed E-state index contributed by atoms with van der Waals surface area (Å²) in [4.78, 5) is 35.7. The predicted molar refractivity (Wildman–Crippen MR) is 312 cm³/mol. The van der Waals surface area contributed by atoms with E-state index in [0.717, 1.165) is 96.3 Å². The molecular formula is C63H113NO8P+. The highest BCUT2D eigenvalue weighted by Gasteiger charge is 2.27. The molecule has 2 atom stereocenters. The number of carbonyl (C=O) groups excluding carboxylic acids is 2. The molecule has 0 spiro atoms. The predicted octanol–water partition coefficient (Wildman–Crippen LogP) is 18.6. The third-order valence-electron chi connectivity index (χ3n) is 12.7. The molecule has 2 unspecified atom stereocenters. The molecule has 10 heteroatoms. The van der Waals surface area contributed by atoms with Crippen LogP contribution in [0.1, 0.15) is 251 Å². The average Bonchev–Trinajstić information content (AvgIpc) is 3.35. The molecule has 0 bridgehead atoms. The largest absolute Gasteiger partial charge is 0.472 e. The van der Waals surface area contributed by atoms with E-state index < -0.39 is 26.5 Å². The standard InChI is InChI=1S/C63H112NO8P/c1-6-8-10-12-14-16-18-20-22-24-26-28-30-31-32-33-34-36-38-40-42-44-46-48-50-52-54-56-63(66)72-61(60-71-73(67,68)70-58-57-64(3,4)5)59-69-62(65)55-53-51-49-47-45-43-41-39-37-35-29-27-25-23-21-19-17-15-13-11-9-7-2/h8,10,14,16,20,22,26,28,31-32,34,36,40,42,61H,6-7,9,11-13,15,17-19,21,23-25,27,29-30,33,35,37-39,41,43-60H2,1-5H3/p+1/b10-8-,16-14-,22-20-,28-26-,32-31-,36-34-,42-40-. The van der Waals surface area contributed by atoms with E-state index in [4.69, 9.17) is 18.5 Å². The Labute approximate surface area is 450 Å². The van der Waals surface area contributed by atoms with Gasteiger partial charge in [-0.3, -0.25) is 18.6 Å². The van der Waals surface area contributed by atoms with Gasteiger partial charge in [0.15, 0.2) is 6.10 Å². The number of phosphoric acid groups is 1. The number of phosphoric ester groups is 1. The molecule has 0 aromatic heterocycles. The highest BCUT2D eigenvalue weighted by Crippen LogP contribution is 2.43. The fraction of sp³-hybridized carbons (Fsp3) is 0.746. The number of allylic oxidation sites excluding steroid dienone is 14. The highest BCUT2D eigenvalue weighted by atomic mass is 31.2. The Morgan fingerprint density at radius 3 is 1.16 bits per heavy atom. The number of esters is 2. The molecule has 0 saturated carbocycles. The minimum atomic E-state index is -4.40. The fourth-order valence-corrected chi connectivity index (χ4v) is 8.86. The van der Waals surface area contributed by atoms with E-state index in [2.05, 4.69) is 98.9 Å². The zero-order valence-electron chi connectivity index (χ0n) is 47.9. The van der Waals surface area contributed by atoms with Crippen LogP contribution in [0.15, 0.2) is 85.1 Å². The van der Waals surface area contributed by atoms with Gasteiger partial charge in [0.2, 0.25) is 0 Å². The van der Waals surface area contributed by atoms with Crippen LogP contribution in [0.25, 0.3) is 0 Å². The Morgan fingerprint density at radius 1 is 0.438 bits per heavy atom. The first-order chi connectivity index (χ1) is 35.5. The lowest BCUT2D eigenvalue weighted by Crippen LogP contribution is -2.37. The lowest BCUT2D eigenvalue weighted by Gasteiger charge is -2.24. The molecule has 73 heavy (non-hydrogen) atoms. The Kier molecular flexibility index (Phi) is 51.9. The van der Waals surface area contributed by atoms with E-state index in [0.29, 0.717) is 17.4 Å². The Morgan fingerprint density at radius 2 is 0.781 bits per heavy atom. The quantitative estimate of drug-likeness (QED) is 0.0211. The van der Waals surface area contributed by atoms with Crippen molar-refractivity contribution in [3.05, 3.63) is 85.1 Å².